The van der Waals surface area contributed by atoms with Crippen molar-refractivity contribution in [2.75, 3.05) is 18.4 Å². The van der Waals surface area contributed by atoms with E-state index in [0.717, 1.165) is 5.56 Å². The number of fused-ring (bicyclic) bond motifs is 1. The normalized spacial score (nSPS) is 16.2. The molecule has 0 atom stereocenters. The number of sulfonamides is 1. The van der Waals surface area contributed by atoms with Crippen molar-refractivity contribution in [3.8, 4) is 0 Å². The summed E-state index contributed by atoms with van der Waals surface area (Å²) < 4.78 is 41.0. The van der Waals surface area contributed by atoms with Gasteiger partial charge in [0.1, 0.15) is 5.82 Å². The van der Waals surface area contributed by atoms with Crippen LogP contribution in [0.2, 0.25) is 0 Å². The van der Waals surface area contributed by atoms with Crippen LogP contribution in [0.15, 0.2) is 47.4 Å². The number of aromatic nitrogens is 1. The minimum atomic E-state index is -3.55. The molecule has 1 N–H and O–H groups in total. The number of thiazole rings is 1. The van der Waals surface area contributed by atoms with Crippen molar-refractivity contribution in [3.05, 3.63) is 53.8 Å². The van der Waals surface area contributed by atoms with E-state index >= 15 is 0 Å². The molecule has 9 heteroatoms. The molecule has 0 spiro atoms. The molecule has 1 amide bonds. The Morgan fingerprint density at radius 1 is 1.17 bits per heavy atom. The smallest absolute Gasteiger partial charge is 0.243 e. The van der Waals surface area contributed by atoms with E-state index in [9.17, 15) is 17.6 Å². The van der Waals surface area contributed by atoms with E-state index in [1.807, 2.05) is 6.92 Å². The van der Waals surface area contributed by atoms with Crippen LogP contribution in [0.4, 0.5) is 9.52 Å². The summed E-state index contributed by atoms with van der Waals surface area (Å²) in [7, 11) is -3.55. The predicted molar refractivity (Wildman–Crippen MR) is 111 cm³/mol. The summed E-state index contributed by atoms with van der Waals surface area (Å²) in [5.74, 6) is -0.818. The summed E-state index contributed by atoms with van der Waals surface area (Å²) in [6.07, 6.45) is 0.882. The number of halogens is 1. The van der Waals surface area contributed by atoms with Gasteiger partial charge in [0.25, 0.3) is 0 Å². The molecule has 152 valence electrons. The minimum absolute atomic E-state index is 0.183. The van der Waals surface area contributed by atoms with Crippen LogP contribution in [-0.4, -0.2) is 36.7 Å². The zero-order chi connectivity index (χ0) is 20.6. The van der Waals surface area contributed by atoms with Gasteiger partial charge in [-0.3, -0.25) is 4.79 Å². The Hall–Kier alpha value is -2.36. The lowest BCUT2D eigenvalue weighted by Crippen LogP contribution is -2.41. The van der Waals surface area contributed by atoms with Gasteiger partial charge in [-0.2, -0.15) is 4.31 Å². The fourth-order valence-corrected chi connectivity index (χ4v) is 5.74. The third-order valence-electron chi connectivity index (χ3n) is 5.06. The molecule has 2 aromatic carbocycles. The molecule has 0 aliphatic carbocycles. The number of nitrogens with zero attached hydrogens (tertiary/aromatic N) is 2. The highest BCUT2D eigenvalue weighted by molar-refractivity contribution is 7.89. The van der Waals surface area contributed by atoms with Crippen molar-refractivity contribution in [1.29, 1.82) is 0 Å². The molecule has 1 saturated heterocycles. The summed E-state index contributed by atoms with van der Waals surface area (Å²) in [5, 5.41) is 3.21. The molecule has 2 heterocycles. The van der Waals surface area contributed by atoms with Crippen LogP contribution in [0, 0.1) is 18.7 Å². The highest BCUT2D eigenvalue weighted by Gasteiger charge is 2.32. The van der Waals surface area contributed by atoms with Crippen LogP contribution >= 0.6 is 11.3 Å². The van der Waals surface area contributed by atoms with Gasteiger partial charge in [-0.1, -0.05) is 29.0 Å². The van der Waals surface area contributed by atoms with Crippen LogP contribution in [-0.2, 0) is 14.8 Å². The maximum Gasteiger partial charge on any atom is 0.243 e. The van der Waals surface area contributed by atoms with Crippen LogP contribution in [0.5, 0.6) is 0 Å². The van der Waals surface area contributed by atoms with Crippen molar-refractivity contribution >= 4 is 42.6 Å². The molecular weight excluding hydrogens is 413 g/mol. The lowest BCUT2D eigenvalue weighted by atomic mass is 9.97. The van der Waals surface area contributed by atoms with Gasteiger partial charge in [-0.15, -0.1) is 0 Å². The number of amides is 1. The van der Waals surface area contributed by atoms with E-state index in [4.69, 9.17) is 0 Å². The highest BCUT2D eigenvalue weighted by atomic mass is 32.2. The van der Waals surface area contributed by atoms with Gasteiger partial charge >= 0.3 is 0 Å². The number of nitrogens with one attached hydrogen (secondary N) is 1. The average molecular weight is 434 g/mol. The second-order valence-corrected chi connectivity index (χ2v) is 10.1. The van der Waals surface area contributed by atoms with Crippen molar-refractivity contribution in [2.45, 2.75) is 24.7 Å². The molecule has 1 aliphatic rings. The number of hydrogen-bond donors (Lipinski definition) is 1. The number of rotatable bonds is 4. The Morgan fingerprint density at radius 2 is 1.86 bits per heavy atom. The van der Waals surface area contributed by atoms with Crippen molar-refractivity contribution in [1.82, 2.24) is 9.29 Å². The Morgan fingerprint density at radius 3 is 2.55 bits per heavy atom. The zero-order valence-corrected chi connectivity index (χ0v) is 17.4. The van der Waals surface area contributed by atoms with Crippen LogP contribution < -0.4 is 5.32 Å². The Balaban J connectivity index is 1.39. The summed E-state index contributed by atoms with van der Waals surface area (Å²) in [4.78, 5) is 17.2. The number of aryl methyl sites for hydroxylation is 1. The maximum atomic E-state index is 13.3. The van der Waals surface area contributed by atoms with Crippen LogP contribution in [0.1, 0.15) is 18.4 Å². The monoisotopic (exact) mass is 433 g/mol. The molecule has 1 aromatic heterocycles. The molecule has 29 heavy (non-hydrogen) atoms. The van der Waals surface area contributed by atoms with Crippen LogP contribution in [0.25, 0.3) is 10.2 Å². The largest absolute Gasteiger partial charge is 0.302 e. The third kappa shape index (κ3) is 4.17. The third-order valence-corrected chi connectivity index (χ3v) is 7.91. The van der Waals surface area contributed by atoms with Crippen molar-refractivity contribution < 1.29 is 17.6 Å². The number of carbonyl (C=O) groups excluding carboxylic acids is 1. The van der Waals surface area contributed by atoms with Crippen molar-refractivity contribution in [3.63, 3.8) is 0 Å². The molecule has 0 radical (unpaired) electrons. The molecule has 0 bridgehead atoms. The fraction of sp³-hybridized carbons (Fsp3) is 0.300. The number of hydrogen-bond acceptors (Lipinski definition) is 5. The summed E-state index contributed by atoms with van der Waals surface area (Å²) in [5.41, 5.74) is 1.63. The summed E-state index contributed by atoms with van der Waals surface area (Å²) in [6, 6.07) is 11.1. The predicted octanol–water partition coefficient (Wildman–Crippen LogP) is 3.78. The molecule has 0 saturated carbocycles. The maximum absolute atomic E-state index is 13.3. The SMILES string of the molecule is Cc1ccc(S(=O)(=O)N2CCC(C(=O)Nc3nc4ccc(F)cc4s3)CC2)cc1. The van der Waals surface area contributed by atoms with E-state index < -0.39 is 10.0 Å². The minimum Gasteiger partial charge on any atom is -0.302 e. The van der Waals surface area contributed by atoms with Crippen molar-refractivity contribution in [2.24, 2.45) is 5.92 Å². The van der Waals surface area contributed by atoms with Gasteiger partial charge in [0, 0.05) is 19.0 Å². The Kier molecular flexibility index (Phi) is 5.37. The number of anilines is 1. The van der Waals surface area contributed by atoms with E-state index in [2.05, 4.69) is 10.3 Å². The second kappa shape index (κ2) is 7.81. The second-order valence-electron chi connectivity index (χ2n) is 7.11. The average Bonchev–Trinajstić information content (AvgIpc) is 3.09. The van der Waals surface area contributed by atoms with Gasteiger partial charge in [0.05, 0.1) is 15.1 Å². The highest BCUT2D eigenvalue weighted by Crippen LogP contribution is 2.29. The first-order chi connectivity index (χ1) is 13.8. The molecule has 6 nitrogen and oxygen atoms in total. The molecule has 0 unspecified atom stereocenters. The fourth-order valence-electron chi connectivity index (χ4n) is 3.38. The first kappa shape index (κ1) is 19.9. The molecule has 3 aromatic rings. The standard InChI is InChI=1S/C20H20FN3O3S2/c1-13-2-5-16(6-3-13)29(26,27)24-10-8-14(9-11-24)19(25)23-20-22-17-7-4-15(21)12-18(17)28-20/h2-7,12,14H,8-11H2,1H3,(H,22,23,25). The lowest BCUT2D eigenvalue weighted by Gasteiger charge is -2.30. The topological polar surface area (TPSA) is 79.4 Å². The van der Waals surface area contributed by atoms with E-state index in [1.54, 1.807) is 30.3 Å². The van der Waals surface area contributed by atoms with Crippen LogP contribution in [0.3, 0.4) is 0 Å². The zero-order valence-electron chi connectivity index (χ0n) is 15.8. The molecular formula is C20H20FN3O3S2. The lowest BCUT2D eigenvalue weighted by molar-refractivity contribution is -0.120. The molecule has 1 fully saturated rings. The number of benzene rings is 2. The van der Waals surface area contributed by atoms with Gasteiger partial charge in [0.15, 0.2) is 5.13 Å². The molecule has 4 rings (SSSR count). The van der Waals surface area contributed by atoms with Gasteiger partial charge in [-0.05, 0) is 50.1 Å². The van der Waals surface area contributed by atoms with E-state index in [-0.39, 0.29) is 22.5 Å². The van der Waals surface area contributed by atoms with Gasteiger partial charge < -0.3 is 5.32 Å². The summed E-state index contributed by atoms with van der Waals surface area (Å²) in [6.45, 7) is 2.49. The number of carbonyl (C=O) groups is 1. The molecule has 1 aliphatic heterocycles. The van der Waals surface area contributed by atoms with Gasteiger partial charge in [0.2, 0.25) is 15.9 Å². The summed E-state index contributed by atoms with van der Waals surface area (Å²) >= 11 is 1.22. The van der Waals surface area contributed by atoms with E-state index in [1.165, 1.54) is 27.8 Å². The van der Waals surface area contributed by atoms with Gasteiger partial charge in [-0.25, -0.2) is 17.8 Å². The number of piperidine rings is 1. The first-order valence-corrected chi connectivity index (χ1v) is 11.5. The quantitative estimate of drug-likeness (QED) is 0.679. The Labute approximate surface area is 172 Å². The van der Waals surface area contributed by atoms with E-state index in [0.29, 0.717) is 41.3 Å². The Bertz CT molecular complexity index is 1150. The first-order valence-electron chi connectivity index (χ1n) is 9.27.